The molecule has 3 fully saturated rings. The molecule has 0 radical (unpaired) electrons. The Bertz CT molecular complexity index is 711. The van der Waals surface area contributed by atoms with Crippen molar-refractivity contribution in [2.45, 2.75) is 31.3 Å². The van der Waals surface area contributed by atoms with Gasteiger partial charge in [0.25, 0.3) is 5.91 Å². The number of hydrogen-bond acceptors (Lipinski definition) is 5. The van der Waals surface area contributed by atoms with Crippen LogP contribution in [0, 0.1) is 11.8 Å². The van der Waals surface area contributed by atoms with E-state index in [1.807, 2.05) is 23.1 Å². The number of carbonyl (C=O) groups is 1. The van der Waals surface area contributed by atoms with Gasteiger partial charge in [-0.3, -0.25) is 4.79 Å². The molecule has 1 aliphatic carbocycles. The lowest BCUT2D eigenvalue weighted by Gasteiger charge is -2.50. The molecule has 3 heterocycles. The van der Waals surface area contributed by atoms with Crippen LogP contribution < -0.4 is 9.47 Å². The maximum Gasteiger partial charge on any atom is 0.257 e. The highest BCUT2D eigenvalue weighted by Gasteiger charge is 2.54. The lowest BCUT2D eigenvalue weighted by Crippen LogP contribution is -2.66. The molecule has 6 nitrogen and oxygen atoms in total. The highest BCUT2D eigenvalue weighted by Crippen LogP contribution is 2.43. The van der Waals surface area contributed by atoms with Crippen LogP contribution in [0.2, 0.25) is 0 Å². The van der Waals surface area contributed by atoms with E-state index in [4.69, 9.17) is 18.9 Å². The van der Waals surface area contributed by atoms with Gasteiger partial charge in [-0.1, -0.05) is 6.07 Å². The van der Waals surface area contributed by atoms with Crippen molar-refractivity contribution in [2.75, 3.05) is 46.1 Å². The molecule has 1 saturated carbocycles. The Morgan fingerprint density at radius 2 is 2.00 bits per heavy atom. The summed E-state index contributed by atoms with van der Waals surface area (Å²) in [5.41, 5.74) is 0.412. The van der Waals surface area contributed by atoms with Gasteiger partial charge in [-0.05, 0) is 49.7 Å². The van der Waals surface area contributed by atoms with Crippen LogP contribution >= 0.6 is 0 Å². The van der Waals surface area contributed by atoms with Crippen molar-refractivity contribution in [2.24, 2.45) is 11.8 Å². The molecular weight excluding hydrogens is 346 g/mol. The SMILES string of the molecule is O=C(c1cccc2c1OCCO2)N1CC2(C1)OCC[C@@H]2CCOCC1CC1. The molecule has 4 aliphatic rings. The van der Waals surface area contributed by atoms with E-state index in [9.17, 15) is 4.79 Å². The normalized spacial score (nSPS) is 25.5. The summed E-state index contributed by atoms with van der Waals surface area (Å²) in [6.45, 7) is 4.81. The highest BCUT2D eigenvalue weighted by molar-refractivity contribution is 5.98. The Morgan fingerprint density at radius 3 is 2.85 bits per heavy atom. The van der Waals surface area contributed by atoms with Gasteiger partial charge in [-0.15, -0.1) is 0 Å². The molecule has 0 aromatic heterocycles. The predicted molar refractivity (Wildman–Crippen MR) is 98.3 cm³/mol. The molecule has 1 aromatic carbocycles. The van der Waals surface area contributed by atoms with Gasteiger partial charge in [0.05, 0.1) is 18.7 Å². The Kier molecular flexibility index (Phi) is 4.48. The van der Waals surface area contributed by atoms with E-state index in [-0.39, 0.29) is 11.5 Å². The van der Waals surface area contributed by atoms with E-state index in [1.54, 1.807) is 0 Å². The van der Waals surface area contributed by atoms with Crippen molar-refractivity contribution in [1.82, 2.24) is 4.90 Å². The van der Waals surface area contributed by atoms with E-state index < -0.39 is 0 Å². The fourth-order valence-electron chi connectivity index (χ4n) is 4.46. The predicted octanol–water partition coefficient (Wildman–Crippen LogP) is 2.51. The summed E-state index contributed by atoms with van der Waals surface area (Å²) in [4.78, 5) is 14.9. The molecule has 6 heteroatoms. The Morgan fingerprint density at radius 1 is 1.15 bits per heavy atom. The number of fused-ring (bicyclic) bond motifs is 1. The topological polar surface area (TPSA) is 57.2 Å². The van der Waals surface area contributed by atoms with Crippen LogP contribution in [0.15, 0.2) is 18.2 Å². The largest absolute Gasteiger partial charge is 0.486 e. The van der Waals surface area contributed by atoms with E-state index in [0.29, 0.717) is 49.3 Å². The van der Waals surface area contributed by atoms with Crippen LogP contribution in [0.1, 0.15) is 36.0 Å². The summed E-state index contributed by atoms with van der Waals surface area (Å²) in [6.07, 6.45) is 4.73. The maximum atomic E-state index is 13.0. The third-order valence-electron chi connectivity index (χ3n) is 6.26. The van der Waals surface area contributed by atoms with Crippen LogP contribution in [-0.4, -0.2) is 62.5 Å². The molecular formula is C21H27NO5. The average molecular weight is 373 g/mol. The van der Waals surface area contributed by atoms with Crippen molar-refractivity contribution < 1.29 is 23.7 Å². The number of hydrogen-bond donors (Lipinski definition) is 0. The summed E-state index contributed by atoms with van der Waals surface area (Å²) >= 11 is 0. The molecule has 1 spiro atoms. The van der Waals surface area contributed by atoms with Gasteiger partial charge < -0.3 is 23.8 Å². The molecule has 3 aliphatic heterocycles. The molecule has 27 heavy (non-hydrogen) atoms. The van der Waals surface area contributed by atoms with Crippen molar-refractivity contribution in [3.63, 3.8) is 0 Å². The number of nitrogens with zero attached hydrogens (tertiary/aromatic N) is 1. The number of ether oxygens (including phenoxy) is 4. The standard InChI is InChI=1S/C21H27NO5/c23-20(17-2-1-3-18-19(17)26-11-10-25-18)22-13-21(14-22)16(7-9-27-21)6-8-24-12-15-4-5-15/h1-3,15-16H,4-14H2/t16-/m0/s1. The minimum Gasteiger partial charge on any atom is -0.486 e. The lowest BCUT2D eigenvalue weighted by atomic mass is 9.79. The van der Waals surface area contributed by atoms with Crippen molar-refractivity contribution in [1.29, 1.82) is 0 Å². The van der Waals surface area contributed by atoms with Crippen molar-refractivity contribution in [3.8, 4) is 11.5 Å². The minimum absolute atomic E-state index is 0.00204. The summed E-state index contributed by atoms with van der Waals surface area (Å²) in [7, 11) is 0. The monoisotopic (exact) mass is 373 g/mol. The van der Waals surface area contributed by atoms with Gasteiger partial charge in [0, 0.05) is 19.8 Å². The summed E-state index contributed by atoms with van der Waals surface area (Å²) in [6, 6.07) is 5.52. The molecule has 0 N–H and O–H groups in total. The van der Waals surface area contributed by atoms with Gasteiger partial charge in [0.15, 0.2) is 11.5 Å². The minimum atomic E-state index is -0.176. The van der Waals surface area contributed by atoms with E-state index in [1.165, 1.54) is 12.8 Å². The van der Waals surface area contributed by atoms with Gasteiger partial charge in [-0.2, -0.15) is 0 Å². The Labute approximate surface area is 159 Å². The zero-order valence-electron chi connectivity index (χ0n) is 15.7. The molecule has 1 amide bonds. The van der Waals surface area contributed by atoms with E-state index in [2.05, 4.69) is 0 Å². The number of para-hydroxylation sites is 1. The van der Waals surface area contributed by atoms with Crippen LogP contribution in [0.5, 0.6) is 11.5 Å². The fraction of sp³-hybridized carbons (Fsp3) is 0.667. The van der Waals surface area contributed by atoms with Crippen molar-refractivity contribution in [3.05, 3.63) is 23.8 Å². The molecule has 146 valence electrons. The smallest absolute Gasteiger partial charge is 0.257 e. The Balaban J connectivity index is 1.20. The quantitative estimate of drug-likeness (QED) is 0.717. The van der Waals surface area contributed by atoms with E-state index >= 15 is 0 Å². The van der Waals surface area contributed by atoms with Crippen LogP contribution in [0.3, 0.4) is 0 Å². The first-order valence-corrected chi connectivity index (χ1v) is 10.1. The molecule has 2 saturated heterocycles. The third-order valence-corrected chi connectivity index (χ3v) is 6.26. The van der Waals surface area contributed by atoms with Crippen LogP contribution in [-0.2, 0) is 9.47 Å². The Hall–Kier alpha value is -1.79. The first-order chi connectivity index (χ1) is 13.3. The van der Waals surface area contributed by atoms with E-state index in [0.717, 1.165) is 38.6 Å². The molecule has 0 unspecified atom stereocenters. The van der Waals surface area contributed by atoms with Crippen LogP contribution in [0.4, 0.5) is 0 Å². The van der Waals surface area contributed by atoms with Crippen molar-refractivity contribution >= 4 is 5.91 Å². The summed E-state index contributed by atoms with van der Waals surface area (Å²) in [5.74, 6) is 2.52. The second-order valence-electron chi connectivity index (χ2n) is 8.20. The number of amides is 1. The second kappa shape index (κ2) is 6.99. The fourth-order valence-corrected chi connectivity index (χ4v) is 4.46. The molecule has 1 aromatic rings. The number of benzene rings is 1. The maximum absolute atomic E-state index is 13.0. The number of rotatable bonds is 6. The second-order valence-corrected chi connectivity index (χ2v) is 8.20. The van der Waals surface area contributed by atoms with Gasteiger partial charge in [0.1, 0.15) is 18.8 Å². The van der Waals surface area contributed by atoms with Gasteiger partial charge >= 0.3 is 0 Å². The third kappa shape index (κ3) is 3.29. The van der Waals surface area contributed by atoms with Gasteiger partial charge in [-0.25, -0.2) is 0 Å². The van der Waals surface area contributed by atoms with Gasteiger partial charge in [0.2, 0.25) is 0 Å². The molecule has 5 rings (SSSR count). The zero-order valence-corrected chi connectivity index (χ0v) is 15.7. The number of carbonyl (C=O) groups excluding carboxylic acids is 1. The van der Waals surface area contributed by atoms with Crippen LogP contribution in [0.25, 0.3) is 0 Å². The molecule has 0 bridgehead atoms. The highest BCUT2D eigenvalue weighted by atomic mass is 16.6. The first-order valence-electron chi connectivity index (χ1n) is 10.1. The average Bonchev–Trinajstić information content (AvgIpc) is 3.40. The first kappa shape index (κ1) is 17.3. The lowest BCUT2D eigenvalue weighted by molar-refractivity contribution is -0.120. The summed E-state index contributed by atoms with van der Waals surface area (Å²) < 4.78 is 23.2. The summed E-state index contributed by atoms with van der Waals surface area (Å²) in [5, 5.41) is 0. The molecule has 1 atom stereocenters. The zero-order chi connectivity index (χ0) is 18.3. The number of likely N-dealkylation sites (tertiary alicyclic amines) is 1.